The van der Waals surface area contributed by atoms with Crippen molar-refractivity contribution < 1.29 is 9.90 Å². The van der Waals surface area contributed by atoms with Gasteiger partial charge < -0.3 is 10.4 Å². The predicted molar refractivity (Wildman–Crippen MR) is 39.5 cm³/mol. The van der Waals surface area contributed by atoms with Crippen LogP contribution in [0.5, 0.6) is 0 Å². The lowest BCUT2D eigenvalue weighted by molar-refractivity contribution is -0.112. The molecule has 0 aliphatic carbocycles. The van der Waals surface area contributed by atoms with Crippen LogP contribution < -0.4 is 5.32 Å². The zero-order chi connectivity index (χ0) is 7.98. The Kier molecular flexibility index (Phi) is 4.58. The van der Waals surface area contributed by atoms with Crippen LogP contribution in [0.1, 0.15) is 13.8 Å². The Hall–Kier alpha value is -0.830. The third kappa shape index (κ3) is 5.31. The van der Waals surface area contributed by atoms with Crippen molar-refractivity contribution in [1.82, 2.24) is 5.32 Å². The maximum atomic E-state index is 10.4. The molecule has 0 aromatic carbocycles. The molecule has 3 nitrogen and oxygen atoms in total. The second-order valence-corrected chi connectivity index (χ2v) is 2.09. The van der Waals surface area contributed by atoms with Crippen molar-refractivity contribution >= 4 is 5.78 Å². The van der Waals surface area contributed by atoms with E-state index in [1.165, 1.54) is 13.0 Å². The summed E-state index contributed by atoms with van der Waals surface area (Å²) in [4.78, 5) is 10.4. The van der Waals surface area contributed by atoms with Gasteiger partial charge in [-0.25, -0.2) is 0 Å². The normalized spacial score (nSPS) is 11.3. The van der Waals surface area contributed by atoms with Crippen molar-refractivity contribution in [2.75, 3.05) is 13.2 Å². The summed E-state index contributed by atoms with van der Waals surface area (Å²) in [6.07, 6.45) is 1.50. The van der Waals surface area contributed by atoms with E-state index in [1.54, 1.807) is 6.92 Å². The van der Waals surface area contributed by atoms with Gasteiger partial charge in [-0.05, 0) is 19.9 Å². The molecule has 0 fully saturated rings. The van der Waals surface area contributed by atoms with Gasteiger partial charge in [0.25, 0.3) is 0 Å². The van der Waals surface area contributed by atoms with E-state index < -0.39 is 0 Å². The molecule has 0 heterocycles. The van der Waals surface area contributed by atoms with Crippen molar-refractivity contribution in [1.29, 1.82) is 0 Å². The summed E-state index contributed by atoms with van der Waals surface area (Å²) in [6, 6.07) is 0. The second kappa shape index (κ2) is 4.99. The molecule has 0 spiro atoms. The number of nitrogens with one attached hydrogen (secondary N) is 1. The van der Waals surface area contributed by atoms with Crippen molar-refractivity contribution in [2.24, 2.45) is 0 Å². The molecule has 0 rings (SSSR count). The van der Waals surface area contributed by atoms with Gasteiger partial charge >= 0.3 is 0 Å². The summed E-state index contributed by atoms with van der Waals surface area (Å²) >= 11 is 0. The van der Waals surface area contributed by atoms with Gasteiger partial charge in [0.2, 0.25) is 0 Å². The summed E-state index contributed by atoms with van der Waals surface area (Å²) in [5, 5.41) is 11.2. The molecule has 3 heteroatoms. The van der Waals surface area contributed by atoms with Crippen molar-refractivity contribution in [2.45, 2.75) is 13.8 Å². The fourth-order valence-corrected chi connectivity index (χ4v) is 0.609. The third-order valence-electron chi connectivity index (χ3n) is 0.935. The summed E-state index contributed by atoms with van der Waals surface area (Å²) in [5.41, 5.74) is 0.793. The number of aliphatic hydroxyl groups excluding tert-OH is 1. The van der Waals surface area contributed by atoms with Crippen LogP contribution in [-0.2, 0) is 4.79 Å². The zero-order valence-corrected chi connectivity index (χ0v) is 6.35. The molecular formula is C7H13NO2. The maximum Gasteiger partial charge on any atom is 0.154 e. The number of allylic oxidation sites excluding steroid dienone is 2. The molecule has 10 heavy (non-hydrogen) atoms. The molecule has 0 aromatic rings. The Morgan fingerprint density at radius 1 is 1.60 bits per heavy atom. The highest BCUT2D eigenvalue weighted by atomic mass is 16.3. The molecule has 0 amide bonds. The topological polar surface area (TPSA) is 49.3 Å². The predicted octanol–water partition coefficient (Wildman–Crippen LogP) is 0.0611. The van der Waals surface area contributed by atoms with E-state index in [2.05, 4.69) is 5.32 Å². The number of rotatable bonds is 4. The first-order valence-electron chi connectivity index (χ1n) is 3.20. The lowest BCUT2D eigenvalue weighted by Gasteiger charge is -2.01. The summed E-state index contributed by atoms with van der Waals surface area (Å²) in [7, 11) is 0. The second-order valence-electron chi connectivity index (χ2n) is 2.09. The van der Waals surface area contributed by atoms with Gasteiger partial charge in [0.05, 0.1) is 6.61 Å². The first-order valence-corrected chi connectivity index (χ1v) is 3.20. The minimum Gasteiger partial charge on any atom is -0.395 e. The van der Waals surface area contributed by atoms with Gasteiger partial charge in [-0.15, -0.1) is 0 Å². The Balaban J connectivity index is 3.60. The zero-order valence-electron chi connectivity index (χ0n) is 6.35. The van der Waals surface area contributed by atoms with E-state index in [-0.39, 0.29) is 12.4 Å². The molecule has 0 aliphatic heterocycles. The quantitative estimate of drug-likeness (QED) is 0.547. The molecule has 0 radical (unpaired) electrons. The van der Waals surface area contributed by atoms with Gasteiger partial charge in [0.1, 0.15) is 0 Å². The van der Waals surface area contributed by atoms with Crippen LogP contribution in [0.4, 0.5) is 0 Å². The summed E-state index contributed by atoms with van der Waals surface area (Å²) in [6.45, 7) is 3.86. The Bertz CT molecular complexity index is 141. The molecule has 0 saturated heterocycles. The molecule has 58 valence electrons. The van der Waals surface area contributed by atoms with Gasteiger partial charge in [-0.1, -0.05) is 0 Å². The van der Waals surface area contributed by atoms with Gasteiger partial charge in [0.15, 0.2) is 5.78 Å². The van der Waals surface area contributed by atoms with Gasteiger partial charge in [-0.3, -0.25) is 4.79 Å². The molecule has 0 bridgehead atoms. The Labute approximate surface area is 60.7 Å². The smallest absolute Gasteiger partial charge is 0.154 e. The fourth-order valence-electron chi connectivity index (χ4n) is 0.609. The van der Waals surface area contributed by atoms with Crippen LogP contribution in [0.3, 0.4) is 0 Å². The van der Waals surface area contributed by atoms with Crippen molar-refractivity contribution in [3.8, 4) is 0 Å². The number of aliphatic hydroxyl groups is 1. The monoisotopic (exact) mass is 143 g/mol. The van der Waals surface area contributed by atoms with Crippen LogP contribution in [0, 0.1) is 0 Å². The summed E-state index contributed by atoms with van der Waals surface area (Å²) in [5.74, 6) is 0.0166. The molecule has 0 aromatic heterocycles. The number of carbonyl (C=O) groups is 1. The molecule has 0 saturated carbocycles. The van der Waals surface area contributed by atoms with Crippen molar-refractivity contribution in [3.63, 3.8) is 0 Å². The standard InChI is InChI=1S/C7H13NO2/c1-6(5-7(2)10)8-3-4-9/h5,8-9H,3-4H2,1-2H3. The average molecular weight is 143 g/mol. The van der Waals surface area contributed by atoms with Crippen LogP contribution in [0.25, 0.3) is 0 Å². The van der Waals surface area contributed by atoms with E-state index in [0.717, 1.165) is 5.70 Å². The van der Waals surface area contributed by atoms with Crippen LogP contribution in [0.15, 0.2) is 11.8 Å². The largest absolute Gasteiger partial charge is 0.395 e. The maximum absolute atomic E-state index is 10.4. The number of hydrogen-bond donors (Lipinski definition) is 2. The van der Waals surface area contributed by atoms with E-state index >= 15 is 0 Å². The van der Waals surface area contributed by atoms with E-state index in [0.29, 0.717) is 6.54 Å². The molecule has 0 atom stereocenters. The Morgan fingerprint density at radius 3 is 2.60 bits per heavy atom. The minimum atomic E-state index is 0.0166. The van der Waals surface area contributed by atoms with Crippen molar-refractivity contribution in [3.05, 3.63) is 11.8 Å². The highest BCUT2D eigenvalue weighted by Gasteiger charge is 1.88. The third-order valence-corrected chi connectivity index (χ3v) is 0.935. The molecule has 2 N–H and O–H groups in total. The highest BCUT2D eigenvalue weighted by Crippen LogP contribution is 1.85. The molecule has 0 unspecified atom stereocenters. The SMILES string of the molecule is CC(=O)C=C(C)NCCO. The highest BCUT2D eigenvalue weighted by molar-refractivity contribution is 5.87. The Morgan fingerprint density at radius 2 is 2.20 bits per heavy atom. The van der Waals surface area contributed by atoms with E-state index in [4.69, 9.17) is 5.11 Å². The number of hydrogen-bond acceptors (Lipinski definition) is 3. The number of ketones is 1. The van der Waals surface area contributed by atoms with Crippen LogP contribution >= 0.6 is 0 Å². The summed E-state index contributed by atoms with van der Waals surface area (Å²) < 4.78 is 0. The minimum absolute atomic E-state index is 0.0166. The van der Waals surface area contributed by atoms with Gasteiger partial charge in [0, 0.05) is 12.2 Å². The first-order chi connectivity index (χ1) is 4.66. The fraction of sp³-hybridized carbons (Fsp3) is 0.571. The lowest BCUT2D eigenvalue weighted by Crippen LogP contribution is -2.16. The lowest BCUT2D eigenvalue weighted by atomic mass is 10.3. The van der Waals surface area contributed by atoms with E-state index in [1.807, 2.05) is 0 Å². The molecular weight excluding hydrogens is 130 g/mol. The van der Waals surface area contributed by atoms with Crippen LogP contribution in [0.2, 0.25) is 0 Å². The van der Waals surface area contributed by atoms with Crippen LogP contribution in [-0.4, -0.2) is 24.0 Å². The number of carbonyl (C=O) groups excluding carboxylic acids is 1. The average Bonchev–Trinajstić information content (AvgIpc) is 1.82. The molecule has 0 aliphatic rings. The van der Waals surface area contributed by atoms with E-state index in [9.17, 15) is 4.79 Å². The first kappa shape index (κ1) is 9.17. The van der Waals surface area contributed by atoms with Gasteiger partial charge in [-0.2, -0.15) is 0 Å².